The molecule has 0 atom stereocenters. The molecule has 0 spiro atoms. The predicted molar refractivity (Wildman–Crippen MR) is 49.1 cm³/mol. The number of carbonyl (C=O) groups excluding carboxylic acids is 1. The van der Waals surface area contributed by atoms with Gasteiger partial charge in [0.1, 0.15) is 13.2 Å². The molecule has 0 aliphatic carbocycles. The molecule has 4 nitrogen and oxygen atoms in total. The summed E-state index contributed by atoms with van der Waals surface area (Å²) in [6.07, 6.45) is 0. The van der Waals surface area contributed by atoms with E-state index in [2.05, 4.69) is 0 Å². The lowest BCUT2D eigenvalue weighted by Gasteiger charge is -2.20. The Morgan fingerprint density at radius 2 is 2.13 bits per heavy atom. The molecular formula is C10H9FO4. The minimum atomic E-state index is -0.947. The molecule has 1 aromatic carbocycles. The van der Waals surface area contributed by atoms with E-state index in [1.54, 1.807) is 0 Å². The van der Waals surface area contributed by atoms with Crippen LogP contribution in [0.25, 0.3) is 0 Å². The van der Waals surface area contributed by atoms with E-state index in [4.69, 9.17) is 9.47 Å². The van der Waals surface area contributed by atoms with Gasteiger partial charge in [-0.15, -0.1) is 0 Å². The first-order chi connectivity index (χ1) is 7.11. The van der Waals surface area contributed by atoms with Gasteiger partial charge in [0.2, 0.25) is 11.6 Å². The summed E-state index contributed by atoms with van der Waals surface area (Å²) in [5, 5.41) is 9.39. The van der Waals surface area contributed by atoms with E-state index in [0.717, 1.165) is 0 Å². The summed E-state index contributed by atoms with van der Waals surface area (Å²) in [4.78, 5) is 11.1. The zero-order valence-corrected chi connectivity index (χ0v) is 8.04. The van der Waals surface area contributed by atoms with Crippen molar-refractivity contribution in [3.05, 3.63) is 17.4 Å². The van der Waals surface area contributed by atoms with Crippen molar-refractivity contribution in [3.63, 3.8) is 0 Å². The van der Waals surface area contributed by atoms with Crippen molar-refractivity contribution >= 4 is 5.78 Å². The number of fused-ring (bicyclic) bond motifs is 1. The topological polar surface area (TPSA) is 55.8 Å². The van der Waals surface area contributed by atoms with Gasteiger partial charge in [0.25, 0.3) is 0 Å². The molecule has 0 fully saturated rings. The Labute approximate surface area is 85.2 Å². The summed E-state index contributed by atoms with van der Waals surface area (Å²) >= 11 is 0. The number of benzene rings is 1. The Bertz CT molecular complexity index is 428. The van der Waals surface area contributed by atoms with Crippen LogP contribution in [-0.4, -0.2) is 24.1 Å². The fourth-order valence-electron chi connectivity index (χ4n) is 1.40. The second kappa shape index (κ2) is 3.42. The number of carbonyl (C=O) groups is 1. The van der Waals surface area contributed by atoms with Gasteiger partial charge in [-0.25, -0.2) is 0 Å². The highest BCUT2D eigenvalue weighted by Gasteiger charge is 2.24. The smallest absolute Gasteiger partial charge is 0.211 e. The minimum Gasteiger partial charge on any atom is -0.504 e. The molecule has 1 aliphatic rings. The summed E-state index contributed by atoms with van der Waals surface area (Å²) in [5.41, 5.74) is -0.100. The van der Waals surface area contributed by atoms with Crippen LogP contribution in [0.1, 0.15) is 17.3 Å². The van der Waals surface area contributed by atoms with Gasteiger partial charge in [-0.05, 0) is 13.0 Å². The molecule has 0 saturated carbocycles. The first-order valence-electron chi connectivity index (χ1n) is 4.43. The lowest BCUT2D eigenvalue weighted by molar-refractivity contribution is 0.101. The number of aromatic hydroxyl groups is 1. The Balaban J connectivity index is 2.63. The number of rotatable bonds is 1. The van der Waals surface area contributed by atoms with E-state index >= 15 is 0 Å². The first-order valence-corrected chi connectivity index (χ1v) is 4.43. The molecule has 5 heteroatoms. The third-order valence-electron chi connectivity index (χ3n) is 2.13. The van der Waals surface area contributed by atoms with Crippen LogP contribution in [0.2, 0.25) is 0 Å². The summed E-state index contributed by atoms with van der Waals surface area (Å²) < 4.78 is 23.6. The fourth-order valence-corrected chi connectivity index (χ4v) is 1.40. The van der Waals surface area contributed by atoms with Crippen molar-refractivity contribution in [3.8, 4) is 17.2 Å². The average molecular weight is 212 g/mol. The molecule has 1 aliphatic heterocycles. The highest BCUT2D eigenvalue weighted by atomic mass is 19.1. The molecule has 0 saturated heterocycles. The lowest BCUT2D eigenvalue weighted by Crippen LogP contribution is -2.17. The number of phenolic OH excluding ortho intramolecular Hbond substituents is 1. The number of hydrogen-bond donors (Lipinski definition) is 1. The van der Waals surface area contributed by atoms with Crippen LogP contribution < -0.4 is 9.47 Å². The largest absolute Gasteiger partial charge is 0.504 e. The molecule has 1 aromatic rings. The molecule has 1 heterocycles. The summed E-state index contributed by atoms with van der Waals surface area (Å²) in [6.45, 7) is 1.77. The number of ketones is 1. The Kier molecular flexibility index (Phi) is 2.22. The summed E-state index contributed by atoms with van der Waals surface area (Å²) in [5.74, 6) is -2.04. The Hall–Kier alpha value is -1.78. The molecule has 0 radical (unpaired) electrons. The molecule has 80 valence electrons. The molecule has 0 amide bonds. The Morgan fingerprint density at radius 1 is 1.47 bits per heavy atom. The fraction of sp³-hybridized carbons (Fsp3) is 0.300. The second-order valence-corrected chi connectivity index (χ2v) is 3.17. The molecule has 15 heavy (non-hydrogen) atoms. The van der Waals surface area contributed by atoms with Crippen LogP contribution in [-0.2, 0) is 0 Å². The van der Waals surface area contributed by atoms with Crippen LogP contribution in [0.4, 0.5) is 4.39 Å². The number of halogens is 1. The van der Waals surface area contributed by atoms with Gasteiger partial charge in [0.15, 0.2) is 17.3 Å². The molecular weight excluding hydrogens is 203 g/mol. The Morgan fingerprint density at radius 3 is 2.80 bits per heavy atom. The van der Waals surface area contributed by atoms with Gasteiger partial charge < -0.3 is 14.6 Å². The van der Waals surface area contributed by atoms with Crippen LogP contribution in [0, 0.1) is 5.82 Å². The van der Waals surface area contributed by atoms with Crippen molar-refractivity contribution < 1.29 is 23.8 Å². The van der Waals surface area contributed by atoms with Gasteiger partial charge in [-0.1, -0.05) is 0 Å². The quantitative estimate of drug-likeness (QED) is 0.717. The van der Waals surface area contributed by atoms with E-state index < -0.39 is 17.3 Å². The van der Waals surface area contributed by atoms with Crippen LogP contribution in [0.15, 0.2) is 6.07 Å². The van der Waals surface area contributed by atoms with Gasteiger partial charge in [0, 0.05) is 0 Å². The van der Waals surface area contributed by atoms with E-state index in [0.29, 0.717) is 6.61 Å². The van der Waals surface area contributed by atoms with Gasteiger partial charge in [0.05, 0.1) is 5.56 Å². The maximum absolute atomic E-state index is 13.5. The number of hydrogen-bond acceptors (Lipinski definition) is 4. The monoisotopic (exact) mass is 212 g/mol. The first kappa shape index (κ1) is 9.76. The van der Waals surface area contributed by atoms with E-state index in [1.165, 1.54) is 13.0 Å². The van der Waals surface area contributed by atoms with Gasteiger partial charge in [-0.2, -0.15) is 4.39 Å². The predicted octanol–water partition coefficient (Wildman–Crippen LogP) is 1.51. The third-order valence-corrected chi connectivity index (χ3v) is 2.13. The van der Waals surface area contributed by atoms with Crippen LogP contribution in [0.5, 0.6) is 17.2 Å². The maximum atomic E-state index is 13.5. The highest BCUT2D eigenvalue weighted by Crippen LogP contribution is 2.40. The van der Waals surface area contributed by atoms with Crippen molar-refractivity contribution in [1.29, 1.82) is 0 Å². The number of ether oxygens (including phenoxy) is 2. The minimum absolute atomic E-state index is 0.100. The molecule has 0 unspecified atom stereocenters. The zero-order chi connectivity index (χ0) is 11.0. The van der Waals surface area contributed by atoms with E-state index in [-0.39, 0.29) is 23.7 Å². The van der Waals surface area contributed by atoms with Crippen molar-refractivity contribution in [1.82, 2.24) is 0 Å². The van der Waals surface area contributed by atoms with E-state index in [9.17, 15) is 14.3 Å². The van der Waals surface area contributed by atoms with Crippen LogP contribution in [0.3, 0.4) is 0 Å². The highest BCUT2D eigenvalue weighted by molar-refractivity contribution is 5.97. The molecule has 2 rings (SSSR count). The third kappa shape index (κ3) is 1.49. The zero-order valence-electron chi connectivity index (χ0n) is 8.04. The van der Waals surface area contributed by atoms with Gasteiger partial charge >= 0.3 is 0 Å². The van der Waals surface area contributed by atoms with Crippen molar-refractivity contribution in [2.75, 3.05) is 13.2 Å². The SMILES string of the molecule is CC(=O)c1cc2c(c(F)c1O)OCCO2. The standard InChI is InChI=1S/C10H9FO4/c1-5(12)6-4-7-10(8(11)9(6)13)15-3-2-14-7/h4,13H,2-3H2,1H3. The molecule has 0 aromatic heterocycles. The molecule has 0 bridgehead atoms. The summed E-state index contributed by atoms with van der Waals surface area (Å²) in [7, 11) is 0. The number of Topliss-reactive ketones (excluding diaryl/α,β-unsaturated/α-hetero) is 1. The van der Waals surface area contributed by atoms with Crippen LogP contribution >= 0.6 is 0 Å². The average Bonchev–Trinajstić information content (AvgIpc) is 2.23. The molecule has 1 N–H and O–H groups in total. The van der Waals surface area contributed by atoms with E-state index in [1.807, 2.05) is 0 Å². The summed E-state index contributed by atoms with van der Waals surface area (Å²) in [6, 6.07) is 1.29. The van der Waals surface area contributed by atoms with Crippen molar-refractivity contribution in [2.24, 2.45) is 0 Å². The maximum Gasteiger partial charge on any atom is 0.211 e. The number of phenols is 1. The normalized spacial score (nSPS) is 13.7. The van der Waals surface area contributed by atoms with Gasteiger partial charge in [-0.3, -0.25) is 4.79 Å². The lowest BCUT2D eigenvalue weighted by atomic mass is 10.1. The second-order valence-electron chi connectivity index (χ2n) is 3.17. The van der Waals surface area contributed by atoms with Crippen molar-refractivity contribution in [2.45, 2.75) is 6.92 Å².